The second kappa shape index (κ2) is 8.38. The van der Waals surface area contributed by atoms with Gasteiger partial charge in [-0.05, 0) is 43.9 Å². The van der Waals surface area contributed by atoms with Crippen LogP contribution in [0.3, 0.4) is 0 Å². The van der Waals surface area contributed by atoms with Crippen molar-refractivity contribution in [3.8, 4) is 11.5 Å². The molecule has 0 N–H and O–H groups in total. The maximum atomic E-state index is 12.8. The summed E-state index contributed by atoms with van der Waals surface area (Å²) in [7, 11) is 0. The number of hydrogen-bond donors (Lipinski definition) is 0. The summed E-state index contributed by atoms with van der Waals surface area (Å²) >= 11 is 0. The molecule has 1 aliphatic heterocycles. The molecule has 4 rings (SSSR count). The third kappa shape index (κ3) is 4.14. The largest absolute Gasteiger partial charge is 0.421 e. The molecular weight excluding hydrogens is 350 g/mol. The maximum Gasteiger partial charge on any atom is 0.247 e. The Morgan fingerprint density at radius 2 is 1.89 bits per heavy atom. The molecule has 1 aliphatic rings. The highest BCUT2D eigenvalue weighted by molar-refractivity contribution is 5.77. The van der Waals surface area contributed by atoms with E-state index in [-0.39, 0.29) is 11.9 Å². The Morgan fingerprint density at radius 1 is 1.11 bits per heavy atom. The minimum atomic E-state index is 0.209. The van der Waals surface area contributed by atoms with Gasteiger partial charge in [0.1, 0.15) is 0 Å². The van der Waals surface area contributed by atoms with Crippen LogP contribution in [0, 0.1) is 6.92 Å². The summed E-state index contributed by atoms with van der Waals surface area (Å²) in [5.41, 5.74) is 3.39. The van der Waals surface area contributed by atoms with Crippen LogP contribution >= 0.6 is 0 Å². The molecule has 2 aromatic carbocycles. The normalized spacial score (nSPS) is 16.5. The Bertz CT molecular complexity index is 919. The summed E-state index contributed by atoms with van der Waals surface area (Å²) in [5.74, 6) is 1.33. The lowest BCUT2D eigenvalue weighted by Crippen LogP contribution is -2.30. The monoisotopic (exact) mass is 375 g/mol. The van der Waals surface area contributed by atoms with Gasteiger partial charge in [0.15, 0.2) is 0 Å². The summed E-state index contributed by atoms with van der Waals surface area (Å²) in [6.45, 7) is 2.93. The van der Waals surface area contributed by atoms with E-state index in [0.29, 0.717) is 31.0 Å². The molecule has 144 valence electrons. The number of hydrogen-bond acceptors (Lipinski definition) is 4. The van der Waals surface area contributed by atoms with E-state index in [1.165, 1.54) is 11.1 Å². The van der Waals surface area contributed by atoms with Crippen LogP contribution < -0.4 is 0 Å². The van der Waals surface area contributed by atoms with Crippen molar-refractivity contribution in [1.29, 1.82) is 0 Å². The van der Waals surface area contributed by atoms with E-state index in [1.54, 1.807) is 0 Å². The molecule has 5 nitrogen and oxygen atoms in total. The first-order chi connectivity index (χ1) is 13.7. The van der Waals surface area contributed by atoms with Crippen molar-refractivity contribution in [3.63, 3.8) is 0 Å². The molecule has 3 aromatic rings. The summed E-state index contributed by atoms with van der Waals surface area (Å²) in [6.07, 6.45) is 3.94. The standard InChI is InChI=1S/C23H25N3O2/c1-17-12-14-18(15-13-17)20-9-6-16-26(20)22(27)11-5-10-21-24-25-23(28-21)19-7-3-2-4-8-19/h2-4,7-8,12-15,20H,5-6,9-11,16H2,1H3. The molecule has 5 heteroatoms. The zero-order chi connectivity index (χ0) is 19.3. The molecule has 0 radical (unpaired) electrons. The number of rotatable bonds is 6. The van der Waals surface area contributed by atoms with Crippen LogP contribution in [-0.2, 0) is 11.2 Å². The average Bonchev–Trinajstić information content (AvgIpc) is 3.39. The third-order valence-electron chi connectivity index (χ3n) is 5.30. The fraction of sp³-hybridized carbons (Fsp3) is 0.348. The van der Waals surface area contributed by atoms with Crippen LogP contribution in [0.25, 0.3) is 11.5 Å². The van der Waals surface area contributed by atoms with Gasteiger partial charge < -0.3 is 9.32 Å². The van der Waals surface area contributed by atoms with E-state index in [2.05, 4.69) is 41.4 Å². The molecule has 0 spiro atoms. The second-order valence-corrected chi connectivity index (χ2v) is 7.38. The van der Waals surface area contributed by atoms with Gasteiger partial charge in [0.25, 0.3) is 0 Å². The Hall–Kier alpha value is -2.95. The van der Waals surface area contributed by atoms with Gasteiger partial charge >= 0.3 is 0 Å². The number of aromatic nitrogens is 2. The SMILES string of the molecule is Cc1ccc(C2CCCN2C(=O)CCCc2nnc(-c3ccccc3)o2)cc1. The van der Waals surface area contributed by atoms with Gasteiger partial charge in [-0.2, -0.15) is 0 Å². The molecule has 1 aromatic heterocycles. The summed E-state index contributed by atoms with van der Waals surface area (Å²) in [6, 6.07) is 18.5. The van der Waals surface area contributed by atoms with Gasteiger partial charge in [-0.3, -0.25) is 4.79 Å². The first-order valence-corrected chi connectivity index (χ1v) is 9.94. The number of carbonyl (C=O) groups is 1. The number of likely N-dealkylation sites (tertiary alicyclic amines) is 1. The maximum absolute atomic E-state index is 12.8. The van der Waals surface area contributed by atoms with Gasteiger partial charge in [0.2, 0.25) is 17.7 Å². The predicted molar refractivity (Wildman–Crippen MR) is 108 cm³/mol. The van der Waals surface area contributed by atoms with Gasteiger partial charge in [-0.15, -0.1) is 10.2 Å². The average molecular weight is 375 g/mol. The zero-order valence-electron chi connectivity index (χ0n) is 16.2. The smallest absolute Gasteiger partial charge is 0.247 e. The molecule has 1 unspecified atom stereocenters. The van der Waals surface area contributed by atoms with E-state index in [1.807, 2.05) is 35.2 Å². The highest BCUT2D eigenvalue weighted by Gasteiger charge is 2.29. The van der Waals surface area contributed by atoms with E-state index < -0.39 is 0 Å². The number of aryl methyl sites for hydroxylation is 2. The summed E-state index contributed by atoms with van der Waals surface area (Å²) in [4.78, 5) is 14.8. The van der Waals surface area contributed by atoms with E-state index in [0.717, 1.165) is 24.9 Å². The van der Waals surface area contributed by atoms with Gasteiger partial charge in [0, 0.05) is 24.9 Å². The molecule has 1 atom stereocenters. The van der Waals surface area contributed by atoms with Gasteiger partial charge in [-0.1, -0.05) is 48.0 Å². The lowest BCUT2D eigenvalue weighted by Gasteiger charge is -2.25. The summed E-state index contributed by atoms with van der Waals surface area (Å²) in [5, 5.41) is 8.22. The van der Waals surface area contributed by atoms with Crippen molar-refractivity contribution in [3.05, 3.63) is 71.6 Å². The Balaban J connectivity index is 1.32. The highest BCUT2D eigenvalue weighted by atomic mass is 16.4. The lowest BCUT2D eigenvalue weighted by molar-refractivity contribution is -0.132. The fourth-order valence-electron chi connectivity index (χ4n) is 3.79. The molecule has 2 heterocycles. The number of amides is 1. The molecule has 1 fully saturated rings. The van der Waals surface area contributed by atoms with Crippen molar-refractivity contribution in [2.45, 2.75) is 45.1 Å². The van der Waals surface area contributed by atoms with Crippen LogP contribution in [0.5, 0.6) is 0 Å². The van der Waals surface area contributed by atoms with Crippen LogP contribution in [-0.4, -0.2) is 27.5 Å². The molecule has 0 saturated carbocycles. The lowest BCUT2D eigenvalue weighted by atomic mass is 10.0. The van der Waals surface area contributed by atoms with Crippen LogP contribution in [0.1, 0.15) is 48.7 Å². The minimum absolute atomic E-state index is 0.209. The zero-order valence-corrected chi connectivity index (χ0v) is 16.2. The van der Waals surface area contributed by atoms with E-state index in [4.69, 9.17) is 4.42 Å². The first-order valence-electron chi connectivity index (χ1n) is 9.94. The molecule has 1 amide bonds. The highest BCUT2D eigenvalue weighted by Crippen LogP contribution is 2.32. The Labute approximate surface area is 165 Å². The number of nitrogens with zero attached hydrogens (tertiary/aromatic N) is 3. The molecule has 0 bridgehead atoms. The van der Waals surface area contributed by atoms with Crippen molar-refractivity contribution in [2.75, 3.05) is 6.54 Å². The first kappa shape index (κ1) is 18.4. The topological polar surface area (TPSA) is 59.2 Å². The van der Waals surface area contributed by atoms with Crippen molar-refractivity contribution in [2.24, 2.45) is 0 Å². The number of carbonyl (C=O) groups excluding carboxylic acids is 1. The van der Waals surface area contributed by atoms with Crippen molar-refractivity contribution < 1.29 is 9.21 Å². The van der Waals surface area contributed by atoms with Crippen LogP contribution in [0.2, 0.25) is 0 Å². The van der Waals surface area contributed by atoms with Crippen LogP contribution in [0.15, 0.2) is 59.0 Å². The second-order valence-electron chi connectivity index (χ2n) is 7.38. The van der Waals surface area contributed by atoms with Crippen molar-refractivity contribution in [1.82, 2.24) is 15.1 Å². The molecular formula is C23H25N3O2. The molecule has 0 aliphatic carbocycles. The van der Waals surface area contributed by atoms with Crippen LogP contribution in [0.4, 0.5) is 0 Å². The third-order valence-corrected chi connectivity index (χ3v) is 5.30. The molecule has 28 heavy (non-hydrogen) atoms. The van der Waals surface area contributed by atoms with E-state index in [9.17, 15) is 4.79 Å². The van der Waals surface area contributed by atoms with Gasteiger partial charge in [-0.25, -0.2) is 0 Å². The minimum Gasteiger partial charge on any atom is -0.421 e. The predicted octanol–water partition coefficient (Wildman–Crippen LogP) is 4.73. The number of benzene rings is 2. The summed E-state index contributed by atoms with van der Waals surface area (Å²) < 4.78 is 5.73. The Kier molecular flexibility index (Phi) is 5.51. The quantitative estimate of drug-likeness (QED) is 0.625. The fourth-order valence-corrected chi connectivity index (χ4v) is 3.79. The molecule has 1 saturated heterocycles. The van der Waals surface area contributed by atoms with Crippen molar-refractivity contribution >= 4 is 5.91 Å². The van der Waals surface area contributed by atoms with Gasteiger partial charge in [0.05, 0.1) is 6.04 Å². The van der Waals surface area contributed by atoms with E-state index >= 15 is 0 Å². The Morgan fingerprint density at radius 3 is 2.68 bits per heavy atom.